The summed E-state index contributed by atoms with van der Waals surface area (Å²) >= 11 is 1.75. The number of thiazole rings is 1. The Morgan fingerprint density at radius 1 is 1.33 bits per heavy atom. The summed E-state index contributed by atoms with van der Waals surface area (Å²) < 4.78 is 0. The van der Waals surface area contributed by atoms with E-state index in [-0.39, 0.29) is 0 Å². The highest BCUT2D eigenvalue weighted by atomic mass is 32.1. The van der Waals surface area contributed by atoms with Crippen LogP contribution >= 0.6 is 11.3 Å². The first kappa shape index (κ1) is 9.60. The monoisotopic (exact) mass is 223 g/mol. The van der Waals surface area contributed by atoms with E-state index in [1.54, 1.807) is 11.3 Å². The zero-order chi connectivity index (χ0) is 10.1. The third-order valence-electron chi connectivity index (χ3n) is 3.45. The van der Waals surface area contributed by atoms with Gasteiger partial charge in [-0.05, 0) is 19.3 Å². The van der Waals surface area contributed by atoms with E-state index >= 15 is 0 Å². The molecule has 4 heteroatoms. The molecule has 0 aromatic carbocycles. The lowest BCUT2D eigenvalue weighted by Crippen LogP contribution is -2.43. The molecule has 1 aromatic rings. The van der Waals surface area contributed by atoms with Crippen LogP contribution in [0.3, 0.4) is 0 Å². The van der Waals surface area contributed by atoms with Gasteiger partial charge in [0.15, 0.2) is 5.13 Å². The minimum absolute atomic E-state index is 0.694. The standard InChI is InChI=1S/C11H17N3S/c1-2-9(3-1)13-10-4-6-14(8-10)11-12-5-7-15-11/h5,7,9-10,13H,1-4,6,8H2. The molecule has 1 N–H and O–H groups in total. The number of nitrogens with zero attached hydrogens (tertiary/aromatic N) is 2. The molecule has 1 aliphatic heterocycles. The summed E-state index contributed by atoms with van der Waals surface area (Å²) in [6.07, 6.45) is 7.35. The number of anilines is 1. The average Bonchev–Trinajstić information content (AvgIpc) is 2.82. The second-order valence-corrected chi connectivity index (χ2v) is 5.41. The number of aromatic nitrogens is 1. The van der Waals surface area contributed by atoms with Crippen molar-refractivity contribution in [3.05, 3.63) is 11.6 Å². The van der Waals surface area contributed by atoms with Gasteiger partial charge in [0.25, 0.3) is 0 Å². The van der Waals surface area contributed by atoms with Crippen molar-refractivity contribution < 1.29 is 0 Å². The highest BCUT2D eigenvalue weighted by Crippen LogP contribution is 2.24. The van der Waals surface area contributed by atoms with E-state index in [0.29, 0.717) is 6.04 Å². The Balaban J connectivity index is 1.54. The van der Waals surface area contributed by atoms with Gasteiger partial charge in [0.05, 0.1) is 0 Å². The summed E-state index contributed by atoms with van der Waals surface area (Å²) in [6.45, 7) is 2.31. The fourth-order valence-electron chi connectivity index (χ4n) is 2.35. The predicted octanol–water partition coefficient (Wildman–Crippen LogP) is 1.86. The molecule has 0 bridgehead atoms. The van der Waals surface area contributed by atoms with Crippen molar-refractivity contribution in [3.8, 4) is 0 Å². The van der Waals surface area contributed by atoms with Crippen LogP contribution in [0.1, 0.15) is 25.7 Å². The maximum absolute atomic E-state index is 4.36. The van der Waals surface area contributed by atoms with Crippen LogP contribution in [0.2, 0.25) is 0 Å². The van der Waals surface area contributed by atoms with Crippen LogP contribution in [-0.2, 0) is 0 Å². The first-order valence-electron chi connectivity index (χ1n) is 5.82. The van der Waals surface area contributed by atoms with Crippen molar-refractivity contribution in [2.75, 3.05) is 18.0 Å². The first-order valence-corrected chi connectivity index (χ1v) is 6.70. The summed E-state index contributed by atoms with van der Waals surface area (Å²) in [5, 5.41) is 6.99. The summed E-state index contributed by atoms with van der Waals surface area (Å²) in [5.41, 5.74) is 0. The Morgan fingerprint density at radius 2 is 2.27 bits per heavy atom. The molecular formula is C11H17N3S. The highest BCUT2D eigenvalue weighted by molar-refractivity contribution is 7.13. The topological polar surface area (TPSA) is 28.2 Å². The smallest absolute Gasteiger partial charge is 0.185 e. The third-order valence-corrected chi connectivity index (χ3v) is 4.29. The van der Waals surface area contributed by atoms with E-state index in [9.17, 15) is 0 Å². The normalized spacial score (nSPS) is 26.9. The van der Waals surface area contributed by atoms with Gasteiger partial charge >= 0.3 is 0 Å². The molecule has 2 fully saturated rings. The van der Waals surface area contributed by atoms with Crippen LogP contribution in [0.25, 0.3) is 0 Å². The zero-order valence-electron chi connectivity index (χ0n) is 8.85. The van der Waals surface area contributed by atoms with Crippen LogP contribution in [0, 0.1) is 0 Å². The Morgan fingerprint density at radius 3 is 2.93 bits per heavy atom. The molecule has 2 aliphatic rings. The number of hydrogen-bond donors (Lipinski definition) is 1. The van der Waals surface area contributed by atoms with Crippen LogP contribution in [-0.4, -0.2) is 30.2 Å². The van der Waals surface area contributed by atoms with Crippen LogP contribution in [0.4, 0.5) is 5.13 Å². The molecule has 15 heavy (non-hydrogen) atoms. The summed E-state index contributed by atoms with van der Waals surface area (Å²) in [5.74, 6) is 0. The summed E-state index contributed by atoms with van der Waals surface area (Å²) in [6, 6.07) is 1.51. The molecule has 0 spiro atoms. The molecule has 1 aliphatic carbocycles. The highest BCUT2D eigenvalue weighted by Gasteiger charge is 2.27. The van der Waals surface area contributed by atoms with Gasteiger partial charge in [0, 0.05) is 36.8 Å². The largest absolute Gasteiger partial charge is 0.346 e. The van der Waals surface area contributed by atoms with Crippen molar-refractivity contribution in [3.63, 3.8) is 0 Å². The van der Waals surface area contributed by atoms with Gasteiger partial charge in [-0.2, -0.15) is 0 Å². The van der Waals surface area contributed by atoms with E-state index in [4.69, 9.17) is 0 Å². The number of hydrogen-bond acceptors (Lipinski definition) is 4. The molecule has 1 saturated heterocycles. The fraction of sp³-hybridized carbons (Fsp3) is 0.727. The zero-order valence-corrected chi connectivity index (χ0v) is 9.67. The van der Waals surface area contributed by atoms with E-state index in [2.05, 4.69) is 20.6 Å². The average molecular weight is 223 g/mol. The Labute approximate surface area is 94.5 Å². The summed E-state index contributed by atoms with van der Waals surface area (Å²) in [7, 11) is 0. The van der Waals surface area contributed by atoms with Crippen molar-refractivity contribution in [1.82, 2.24) is 10.3 Å². The molecule has 1 atom stereocenters. The molecule has 82 valence electrons. The lowest BCUT2D eigenvalue weighted by Gasteiger charge is -2.29. The maximum Gasteiger partial charge on any atom is 0.185 e. The van der Waals surface area contributed by atoms with Crippen molar-refractivity contribution in [2.45, 2.75) is 37.8 Å². The second-order valence-electron chi connectivity index (χ2n) is 4.54. The molecule has 0 radical (unpaired) electrons. The van der Waals surface area contributed by atoms with Gasteiger partial charge in [-0.15, -0.1) is 11.3 Å². The summed E-state index contributed by atoms with van der Waals surface area (Å²) in [4.78, 5) is 6.77. The van der Waals surface area contributed by atoms with Gasteiger partial charge in [-0.25, -0.2) is 4.98 Å². The molecule has 0 amide bonds. The minimum Gasteiger partial charge on any atom is -0.346 e. The Kier molecular flexibility index (Phi) is 2.63. The van der Waals surface area contributed by atoms with Gasteiger partial charge in [0.2, 0.25) is 0 Å². The van der Waals surface area contributed by atoms with Crippen molar-refractivity contribution in [1.29, 1.82) is 0 Å². The third kappa shape index (κ3) is 2.01. The second kappa shape index (κ2) is 4.10. The SMILES string of the molecule is c1csc(N2CCC(NC3CCC3)C2)n1. The molecule has 3 rings (SSSR count). The molecule has 1 aromatic heterocycles. The van der Waals surface area contributed by atoms with E-state index in [1.807, 2.05) is 6.20 Å². The molecule has 1 saturated carbocycles. The van der Waals surface area contributed by atoms with Crippen molar-refractivity contribution in [2.24, 2.45) is 0 Å². The number of nitrogens with one attached hydrogen (secondary N) is 1. The lowest BCUT2D eigenvalue weighted by molar-refractivity contribution is 0.311. The van der Waals surface area contributed by atoms with Gasteiger partial charge in [-0.1, -0.05) is 6.42 Å². The minimum atomic E-state index is 0.694. The predicted molar refractivity (Wildman–Crippen MR) is 63.5 cm³/mol. The Bertz CT molecular complexity index is 308. The maximum atomic E-state index is 4.36. The molecule has 3 nitrogen and oxygen atoms in total. The van der Waals surface area contributed by atoms with Crippen LogP contribution in [0.15, 0.2) is 11.6 Å². The van der Waals surface area contributed by atoms with Crippen LogP contribution < -0.4 is 10.2 Å². The lowest BCUT2D eigenvalue weighted by atomic mass is 9.92. The molecule has 1 unspecified atom stereocenters. The van der Waals surface area contributed by atoms with E-state index in [0.717, 1.165) is 19.1 Å². The van der Waals surface area contributed by atoms with E-state index in [1.165, 1.54) is 30.8 Å². The van der Waals surface area contributed by atoms with Gasteiger partial charge < -0.3 is 10.2 Å². The van der Waals surface area contributed by atoms with E-state index < -0.39 is 0 Å². The fourth-order valence-corrected chi connectivity index (χ4v) is 3.03. The first-order chi connectivity index (χ1) is 7.42. The van der Waals surface area contributed by atoms with Crippen molar-refractivity contribution >= 4 is 16.5 Å². The van der Waals surface area contributed by atoms with Gasteiger partial charge in [-0.3, -0.25) is 0 Å². The molecular weight excluding hydrogens is 206 g/mol. The van der Waals surface area contributed by atoms with Gasteiger partial charge in [0.1, 0.15) is 0 Å². The quantitative estimate of drug-likeness (QED) is 0.848. The number of rotatable bonds is 3. The molecule has 2 heterocycles. The van der Waals surface area contributed by atoms with Crippen LogP contribution in [0.5, 0.6) is 0 Å². The Hall–Kier alpha value is -0.610.